The van der Waals surface area contributed by atoms with E-state index in [0.717, 1.165) is 50.0 Å². The summed E-state index contributed by atoms with van der Waals surface area (Å²) in [6.07, 6.45) is 9.88. The Kier molecular flexibility index (Phi) is 4.11. The number of hydrogen-bond acceptors (Lipinski definition) is 2. The minimum atomic E-state index is -0.589. The SMILES string of the molecule is O=C(O)C1CCC(CNCC2CC3CCC2C3)CC1. The van der Waals surface area contributed by atoms with Gasteiger partial charge in [-0.3, -0.25) is 4.79 Å². The maximum Gasteiger partial charge on any atom is 0.306 e. The van der Waals surface area contributed by atoms with E-state index in [1.165, 1.54) is 32.2 Å². The molecule has 3 atom stereocenters. The lowest BCUT2D eigenvalue weighted by atomic mass is 9.82. The first-order valence-corrected chi connectivity index (χ1v) is 8.16. The highest BCUT2D eigenvalue weighted by Crippen LogP contribution is 2.47. The molecule has 0 saturated heterocycles. The van der Waals surface area contributed by atoms with E-state index in [4.69, 9.17) is 5.11 Å². The van der Waals surface area contributed by atoms with Crippen LogP contribution < -0.4 is 5.32 Å². The van der Waals surface area contributed by atoms with Crippen LogP contribution in [0.4, 0.5) is 0 Å². The van der Waals surface area contributed by atoms with Crippen LogP contribution in [0.2, 0.25) is 0 Å². The van der Waals surface area contributed by atoms with Crippen molar-refractivity contribution in [2.24, 2.45) is 29.6 Å². The Morgan fingerprint density at radius 2 is 1.79 bits per heavy atom. The largest absolute Gasteiger partial charge is 0.481 e. The van der Waals surface area contributed by atoms with Gasteiger partial charge in [0.05, 0.1) is 5.92 Å². The molecule has 2 bridgehead atoms. The molecular weight excluding hydrogens is 238 g/mol. The Morgan fingerprint density at radius 3 is 2.37 bits per heavy atom. The van der Waals surface area contributed by atoms with Crippen LogP contribution in [0.25, 0.3) is 0 Å². The zero-order valence-corrected chi connectivity index (χ0v) is 11.8. The number of hydrogen-bond donors (Lipinski definition) is 2. The van der Waals surface area contributed by atoms with Gasteiger partial charge in [-0.15, -0.1) is 0 Å². The maximum atomic E-state index is 10.9. The number of aliphatic carboxylic acids is 1. The Bertz CT molecular complexity index is 323. The van der Waals surface area contributed by atoms with E-state index in [2.05, 4.69) is 5.32 Å². The number of carboxylic acids is 1. The summed E-state index contributed by atoms with van der Waals surface area (Å²) in [6.45, 7) is 2.32. The van der Waals surface area contributed by atoms with Crippen LogP contribution in [0.5, 0.6) is 0 Å². The molecule has 19 heavy (non-hydrogen) atoms. The predicted molar refractivity (Wildman–Crippen MR) is 74.9 cm³/mol. The molecule has 3 heteroatoms. The molecule has 0 spiro atoms. The summed E-state index contributed by atoms with van der Waals surface area (Å²) in [4.78, 5) is 10.9. The van der Waals surface area contributed by atoms with E-state index in [1.807, 2.05) is 0 Å². The summed E-state index contributed by atoms with van der Waals surface area (Å²) < 4.78 is 0. The highest BCUT2D eigenvalue weighted by atomic mass is 16.4. The minimum absolute atomic E-state index is 0.0678. The molecule has 108 valence electrons. The molecule has 3 fully saturated rings. The van der Waals surface area contributed by atoms with Crippen LogP contribution in [-0.2, 0) is 4.79 Å². The smallest absolute Gasteiger partial charge is 0.306 e. The summed E-state index contributed by atoms with van der Waals surface area (Å²) in [6, 6.07) is 0. The average Bonchev–Trinajstić information content (AvgIpc) is 3.02. The molecule has 3 rings (SSSR count). The van der Waals surface area contributed by atoms with E-state index < -0.39 is 5.97 Å². The van der Waals surface area contributed by atoms with Crippen molar-refractivity contribution in [2.75, 3.05) is 13.1 Å². The van der Waals surface area contributed by atoms with Crippen LogP contribution in [-0.4, -0.2) is 24.2 Å². The van der Waals surface area contributed by atoms with Gasteiger partial charge >= 0.3 is 5.97 Å². The summed E-state index contributed by atoms with van der Waals surface area (Å²) >= 11 is 0. The molecule has 3 aliphatic carbocycles. The third kappa shape index (κ3) is 3.13. The van der Waals surface area contributed by atoms with Gasteiger partial charge in [-0.2, -0.15) is 0 Å². The summed E-state index contributed by atoms with van der Waals surface area (Å²) in [5, 5.41) is 12.7. The van der Waals surface area contributed by atoms with Crippen LogP contribution >= 0.6 is 0 Å². The standard InChI is InChI=1S/C16H27NO2/c18-16(19)13-4-1-11(2-5-13)9-17-10-15-8-12-3-6-14(15)7-12/h11-15,17H,1-10H2,(H,18,19). The summed E-state index contributed by atoms with van der Waals surface area (Å²) in [5.74, 6) is 3.06. The first-order chi connectivity index (χ1) is 9.22. The van der Waals surface area contributed by atoms with E-state index in [-0.39, 0.29) is 5.92 Å². The van der Waals surface area contributed by atoms with Crippen molar-refractivity contribution in [1.29, 1.82) is 0 Å². The van der Waals surface area contributed by atoms with Gasteiger partial charge in [0.15, 0.2) is 0 Å². The minimum Gasteiger partial charge on any atom is -0.481 e. The van der Waals surface area contributed by atoms with Crippen molar-refractivity contribution in [2.45, 2.75) is 51.4 Å². The third-order valence-electron chi connectivity index (χ3n) is 5.92. The van der Waals surface area contributed by atoms with Gasteiger partial charge in [-0.05, 0) is 81.7 Å². The summed E-state index contributed by atoms with van der Waals surface area (Å²) in [7, 11) is 0. The van der Waals surface area contributed by atoms with E-state index in [1.54, 1.807) is 0 Å². The van der Waals surface area contributed by atoms with Crippen molar-refractivity contribution in [3.05, 3.63) is 0 Å². The van der Waals surface area contributed by atoms with Gasteiger partial charge in [0.1, 0.15) is 0 Å². The average molecular weight is 265 g/mol. The quantitative estimate of drug-likeness (QED) is 0.803. The number of nitrogens with one attached hydrogen (secondary N) is 1. The maximum absolute atomic E-state index is 10.9. The first kappa shape index (κ1) is 13.4. The Balaban J connectivity index is 1.32. The molecule has 3 nitrogen and oxygen atoms in total. The number of fused-ring (bicyclic) bond motifs is 2. The zero-order valence-electron chi connectivity index (χ0n) is 11.8. The second-order valence-corrected chi connectivity index (χ2v) is 7.15. The second-order valence-electron chi connectivity index (χ2n) is 7.15. The Morgan fingerprint density at radius 1 is 1.00 bits per heavy atom. The summed E-state index contributed by atoms with van der Waals surface area (Å²) in [5.41, 5.74) is 0. The lowest BCUT2D eigenvalue weighted by Crippen LogP contribution is -2.32. The van der Waals surface area contributed by atoms with Crippen molar-refractivity contribution >= 4 is 5.97 Å². The molecule has 3 aliphatic rings. The number of carboxylic acid groups (broad SMARTS) is 1. The fourth-order valence-corrected chi connectivity index (χ4v) is 4.71. The van der Waals surface area contributed by atoms with E-state index in [0.29, 0.717) is 5.92 Å². The monoisotopic (exact) mass is 265 g/mol. The molecule has 0 radical (unpaired) electrons. The molecule has 0 aromatic heterocycles. The van der Waals surface area contributed by atoms with Crippen LogP contribution in [0.1, 0.15) is 51.4 Å². The van der Waals surface area contributed by atoms with E-state index in [9.17, 15) is 4.79 Å². The van der Waals surface area contributed by atoms with Crippen LogP contribution in [0.15, 0.2) is 0 Å². The van der Waals surface area contributed by atoms with Crippen LogP contribution in [0.3, 0.4) is 0 Å². The third-order valence-corrected chi connectivity index (χ3v) is 5.92. The molecule has 3 saturated carbocycles. The molecule has 0 aromatic carbocycles. The van der Waals surface area contributed by atoms with Gasteiger partial charge in [-0.1, -0.05) is 6.42 Å². The second kappa shape index (κ2) is 5.82. The molecule has 3 unspecified atom stereocenters. The lowest BCUT2D eigenvalue weighted by Gasteiger charge is -2.28. The van der Waals surface area contributed by atoms with Gasteiger partial charge in [0, 0.05) is 0 Å². The zero-order chi connectivity index (χ0) is 13.2. The molecule has 0 aliphatic heterocycles. The lowest BCUT2D eigenvalue weighted by molar-refractivity contribution is -0.143. The number of rotatable bonds is 5. The molecule has 2 N–H and O–H groups in total. The predicted octanol–water partition coefficient (Wildman–Crippen LogP) is 2.90. The Hall–Kier alpha value is -0.570. The topological polar surface area (TPSA) is 49.3 Å². The van der Waals surface area contributed by atoms with Crippen molar-refractivity contribution < 1.29 is 9.90 Å². The van der Waals surface area contributed by atoms with Crippen molar-refractivity contribution in [3.8, 4) is 0 Å². The van der Waals surface area contributed by atoms with Gasteiger partial charge in [0.2, 0.25) is 0 Å². The first-order valence-electron chi connectivity index (χ1n) is 8.16. The van der Waals surface area contributed by atoms with E-state index >= 15 is 0 Å². The van der Waals surface area contributed by atoms with Gasteiger partial charge in [-0.25, -0.2) is 0 Å². The number of carbonyl (C=O) groups is 1. The molecule has 0 aromatic rings. The van der Waals surface area contributed by atoms with Gasteiger partial charge in [0.25, 0.3) is 0 Å². The molecule has 0 amide bonds. The molecular formula is C16H27NO2. The fourth-order valence-electron chi connectivity index (χ4n) is 4.71. The normalized spacial score (nSPS) is 41.6. The molecule has 0 heterocycles. The van der Waals surface area contributed by atoms with Crippen LogP contribution in [0, 0.1) is 29.6 Å². The highest BCUT2D eigenvalue weighted by molar-refractivity contribution is 5.69. The highest BCUT2D eigenvalue weighted by Gasteiger charge is 2.39. The van der Waals surface area contributed by atoms with Crippen molar-refractivity contribution in [1.82, 2.24) is 5.32 Å². The van der Waals surface area contributed by atoms with Gasteiger partial charge < -0.3 is 10.4 Å². The van der Waals surface area contributed by atoms with Crippen molar-refractivity contribution in [3.63, 3.8) is 0 Å². The Labute approximate surface area is 116 Å². The fraction of sp³-hybridized carbons (Fsp3) is 0.938.